The molecule has 0 aliphatic rings. The van der Waals surface area contributed by atoms with Crippen LogP contribution in [-0.2, 0) is 13.6 Å². The Balaban J connectivity index is 1.90. The second-order valence-corrected chi connectivity index (χ2v) is 7.08. The number of aromatic amines is 1. The highest BCUT2D eigenvalue weighted by Gasteiger charge is 2.14. The number of allylic oxidation sites excluding steroid dienone is 1. The van der Waals surface area contributed by atoms with Crippen LogP contribution in [0.25, 0.3) is 39.6 Å². The van der Waals surface area contributed by atoms with Crippen molar-refractivity contribution in [2.24, 2.45) is 12.8 Å². The lowest BCUT2D eigenvalue weighted by Gasteiger charge is -2.08. The van der Waals surface area contributed by atoms with Crippen molar-refractivity contribution in [3.05, 3.63) is 87.9 Å². The van der Waals surface area contributed by atoms with Crippen LogP contribution < -0.4 is 11.3 Å². The number of benzene rings is 2. The van der Waals surface area contributed by atoms with E-state index in [-0.39, 0.29) is 12.1 Å². The van der Waals surface area contributed by atoms with E-state index < -0.39 is 0 Å². The molecule has 0 bridgehead atoms. The van der Waals surface area contributed by atoms with Crippen LogP contribution in [0.5, 0.6) is 0 Å². The predicted octanol–water partition coefficient (Wildman–Crippen LogP) is 3.79. The molecule has 0 fully saturated rings. The van der Waals surface area contributed by atoms with E-state index in [0.29, 0.717) is 45.2 Å². The molecule has 2 aromatic heterocycles. The third-order valence-electron chi connectivity index (χ3n) is 5.25. The molecule has 7 nitrogen and oxygen atoms in total. The lowest BCUT2D eigenvalue weighted by Crippen LogP contribution is -2.13. The number of nitriles is 1. The van der Waals surface area contributed by atoms with E-state index in [4.69, 9.17) is 5.73 Å². The molecule has 0 saturated heterocycles. The van der Waals surface area contributed by atoms with Gasteiger partial charge in [0.1, 0.15) is 0 Å². The summed E-state index contributed by atoms with van der Waals surface area (Å²) in [6, 6.07) is 14.7. The molecule has 0 unspecified atom stereocenters. The fourth-order valence-electron chi connectivity index (χ4n) is 3.65. The maximum absolute atomic E-state index is 12.8. The third-order valence-corrected chi connectivity index (χ3v) is 5.25. The number of nitrogens with zero attached hydrogens (tertiary/aromatic N) is 4. The Morgan fingerprint density at radius 2 is 2.09 bits per heavy atom. The maximum atomic E-state index is 12.8. The largest absolute Gasteiger partial charge is 0.325 e. The van der Waals surface area contributed by atoms with Gasteiger partial charge in [0, 0.05) is 24.5 Å². The fraction of sp³-hybridized carbons (Fsp3) is 0.0833. The number of aromatic nitrogens is 4. The first-order valence-corrected chi connectivity index (χ1v) is 9.79. The molecule has 4 aromatic rings. The van der Waals surface area contributed by atoms with Crippen molar-refractivity contribution in [2.75, 3.05) is 0 Å². The number of fused-ring (bicyclic) bond motifs is 1. The highest BCUT2D eigenvalue weighted by Crippen LogP contribution is 2.30. The minimum atomic E-state index is -0.292. The van der Waals surface area contributed by atoms with E-state index in [0.717, 1.165) is 11.1 Å². The van der Waals surface area contributed by atoms with E-state index in [1.165, 1.54) is 6.08 Å². The number of nitrogens with two attached hydrogens (primary N) is 1. The molecule has 0 aliphatic heterocycles. The summed E-state index contributed by atoms with van der Waals surface area (Å²) >= 11 is 0. The van der Waals surface area contributed by atoms with Crippen LogP contribution >= 0.6 is 0 Å². The number of hydrogen-bond donors (Lipinski definition) is 2. The molecule has 0 aliphatic carbocycles. The minimum absolute atomic E-state index is 0.175. The molecular formula is C24H19FN6O. The molecule has 0 spiro atoms. The zero-order chi connectivity index (χ0) is 22.7. The first-order chi connectivity index (χ1) is 15.6. The molecule has 0 radical (unpaired) electrons. The van der Waals surface area contributed by atoms with Crippen molar-refractivity contribution >= 4 is 28.5 Å². The van der Waals surface area contributed by atoms with Gasteiger partial charge >= 0.3 is 0 Å². The first-order valence-electron chi connectivity index (χ1n) is 9.79. The Labute approximate surface area is 182 Å². The Morgan fingerprint density at radius 3 is 2.84 bits per heavy atom. The molecule has 3 N–H and O–H groups in total. The summed E-state index contributed by atoms with van der Waals surface area (Å²) in [5.74, 6) is 0. The molecule has 0 saturated carbocycles. The van der Waals surface area contributed by atoms with Gasteiger partial charge in [0.15, 0.2) is 0 Å². The number of halogens is 1. The van der Waals surface area contributed by atoms with Crippen molar-refractivity contribution in [1.82, 2.24) is 20.0 Å². The van der Waals surface area contributed by atoms with Gasteiger partial charge in [-0.25, -0.2) is 9.49 Å². The number of H-pyrrole nitrogens is 1. The van der Waals surface area contributed by atoms with Crippen LogP contribution in [0.1, 0.15) is 22.5 Å². The number of rotatable bonds is 5. The molecular weight excluding hydrogens is 407 g/mol. The van der Waals surface area contributed by atoms with Crippen molar-refractivity contribution < 1.29 is 4.39 Å². The number of nitrogens with one attached hydrogen (secondary N) is 1. The van der Waals surface area contributed by atoms with Gasteiger partial charge in [-0.2, -0.15) is 15.5 Å². The number of aryl methyl sites for hydroxylation is 1. The van der Waals surface area contributed by atoms with Gasteiger partial charge < -0.3 is 5.73 Å². The molecule has 158 valence electrons. The van der Waals surface area contributed by atoms with Gasteiger partial charge in [0.05, 0.1) is 40.9 Å². The Hall–Kier alpha value is -4.35. The maximum Gasteiger partial charge on any atom is 0.272 e. The van der Waals surface area contributed by atoms with Crippen molar-refractivity contribution in [3.63, 3.8) is 0 Å². The first kappa shape index (κ1) is 20.9. The normalized spacial score (nSPS) is 11.9. The smallest absolute Gasteiger partial charge is 0.272 e. The zero-order valence-electron chi connectivity index (χ0n) is 17.2. The van der Waals surface area contributed by atoms with E-state index in [1.54, 1.807) is 54.3 Å². The van der Waals surface area contributed by atoms with Gasteiger partial charge in [-0.15, -0.1) is 0 Å². The van der Waals surface area contributed by atoms with Crippen molar-refractivity contribution in [1.29, 1.82) is 5.26 Å². The Morgan fingerprint density at radius 1 is 1.28 bits per heavy atom. The van der Waals surface area contributed by atoms with Crippen molar-refractivity contribution in [3.8, 4) is 17.2 Å². The zero-order valence-corrected chi connectivity index (χ0v) is 17.2. The highest BCUT2D eigenvalue weighted by atomic mass is 19.1. The van der Waals surface area contributed by atoms with Crippen LogP contribution in [0, 0.1) is 11.3 Å². The Bertz CT molecular complexity index is 1470. The number of hydrogen-bond acceptors (Lipinski definition) is 5. The van der Waals surface area contributed by atoms with E-state index in [9.17, 15) is 14.4 Å². The van der Waals surface area contributed by atoms with Crippen LogP contribution in [0.2, 0.25) is 0 Å². The lowest BCUT2D eigenvalue weighted by molar-refractivity contribution is 0.727. The van der Waals surface area contributed by atoms with Gasteiger partial charge in [0.2, 0.25) is 0 Å². The fourth-order valence-corrected chi connectivity index (χ4v) is 3.65. The molecule has 32 heavy (non-hydrogen) atoms. The second kappa shape index (κ2) is 8.79. The molecule has 0 atom stereocenters. The molecule has 4 rings (SSSR count). The minimum Gasteiger partial charge on any atom is -0.325 e. The molecule has 2 aromatic carbocycles. The SMILES string of the molecule is Cn1ncc(-c2ccc3c(=O)[nH]nc(CN)c3c2)c1/C=C(\C#N)c1ccccc1/C=C/F. The second-order valence-electron chi connectivity index (χ2n) is 7.08. The van der Waals surface area contributed by atoms with Gasteiger partial charge in [-0.05, 0) is 41.0 Å². The average molecular weight is 426 g/mol. The van der Waals surface area contributed by atoms with E-state index in [2.05, 4.69) is 21.4 Å². The monoisotopic (exact) mass is 426 g/mol. The molecule has 0 amide bonds. The topological polar surface area (TPSA) is 113 Å². The highest BCUT2D eigenvalue weighted by molar-refractivity contribution is 5.95. The standard InChI is InChI=1S/C24H19FN6O/c1-31-23(11-17(12-26)18-5-3-2-4-15(18)8-9-25)21(14-28-31)16-6-7-19-20(10-16)22(13-27)29-30-24(19)32/h2-11,14H,13,27H2,1H3,(H,30,32)/b9-8+,17-11+. The van der Waals surface area contributed by atoms with E-state index >= 15 is 0 Å². The summed E-state index contributed by atoms with van der Waals surface area (Å²) in [4.78, 5) is 12.1. The van der Waals surface area contributed by atoms with Crippen LogP contribution in [0.15, 0.2) is 59.8 Å². The van der Waals surface area contributed by atoms with Crippen LogP contribution in [0.3, 0.4) is 0 Å². The van der Waals surface area contributed by atoms with Crippen LogP contribution in [0.4, 0.5) is 4.39 Å². The van der Waals surface area contributed by atoms with Crippen LogP contribution in [-0.4, -0.2) is 20.0 Å². The average Bonchev–Trinajstić information content (AvgIpc) is 3.18. The summed E-state index contributed by atoms with van der Waals surface area (Å²) in [7, 11) is 1.77. The quantitative estimate of drug-likeness (QED) is 0.472. The summed E-state index contributed by atoms with van der Waals surface area (Å²) in [5, 5.41) is 21.8. The van der Waals surface area contributed by atoms with Gasteiger partial charge in [-0.3, -0.25) is 9.48 Å². The Kier molecular flexibility index (Phi) is 5.75. The van der Waals surface area contributed by atoms with E-state index in [1.807, 2.05) is 12.1 Å². The van der Waals surface area contributed by atoms with Crippen molar-refractivity contribution in [2.45, 2.75) is 6.54 Å². The summed E-state index contributed by atoms with van der Waals surface area (Å²) in [5.41, 5.74) is 9.90. The van der Waals surface area contributed by atoms with Gasteiger partial charge in [-0.1, -0.05) is 30.3 Å². The summed E-state index contributed by atoms with van der Waals surface area (Å²) in [6.07, 6.45) is 5.17. The predicted molar refractivity (Wildman–Crippen MR) is 123 cm³/mol. The molecule has 8 heteroatoms. The van der Waals surface area contributed by atoms with Gasteiger partial charge in [0.25, 0.3) is 5.56 Å². The third kappa shape index (κ3) is 3.73. The summed E-state index contributed by atoms with van der Waals surface area (Å²) in [6.45, 7) is 0.175. The lowest BCUT2D eigenvalue weighted by atomic mass is 9.97. The molecule has 2 heterocycles. The summed E-state index contributed by atoms with van der Waals surface area (Å²) < 4.78 is 14.5.